The molecule has 0 radical (unpaired) electrons. The Hall–Kier alpha value is -2.19. The van der Waals surface area contributed by atoms with E-state index in [1.165, 1.54) is 24.3 Å². The zero-order valence-corrected chi connectivity index (χ0v) is 13.8. The molecule has 8 nitrogen and oxygen atoms in total. The topological polar surface area (TPSA) is 108 Å². The van der Waals surface area contributed by atoms with Crippen LogP contribution in [0.25, 0.3) is 0 Å². The Bertz CT molecular complexity index is 556. The number of anilines is 1. The molecule has 1 aromatic rings. The SMILES string of the molecule is CC1CCN(CC(O)CNC(=O)Nc2ccc([N+](=O)[O-])cc2)CC1. The van der Waals surface area contributed by atoms with Gasteiger partial charge in [-0.1, -0.05) is 6.92 Å². The van der Waals surface area contributed by atoms with E-state index < -0.39 is 17.1 Å². The predicted octanol–water partition coefficient (Wildman–Crippen LogP) is 1.81. The third-order valence-corrected chi connectivity index (χ3v) is 4.18. The van der Waals surface area contributed by atoms with Crippen molar-refractivity contribution in [3.63, 3.8) is 0 Å². The summed E-state index contributed by atoms with van der Waals surface area (Å²) in [5.41, 5.74) is 0.421. The summed E-state index contributed by atoms with van der Waals surface area (Å²) in [6, 6.07) is 5.12. The fourth-order valence-electron chi connectivity index (χ4n) is 2.66. The van der Waals surface area contributed by atoms with E-state index >= 15 is 0 Å². The summed E-state index contributed by atoms with van der Waals surface area (Å²) >= 11 is 0. The average Bonchev–Trinajstić information content (AvgIpc) is 2.55. The third-order valence-electron chi connectivity index (χ3n) is 4.18. The van der Waals surface area contributed by atoms with Gasteiger partial charge in [0.15, 0.2) is 0 Å². The number of amides is 2. The minimum atomic E-state index is -0.624. The Morgan fingerprint density at radius 2 is 2.00 bits per heavy atom. The molecule has 2 amide bonds. The Balaban J connectivity index is 1.69. The Morgan fingerprint density at radius 3 is 2.58 bits per heavy atom. The van der Waals surface area contributed by atoms with E-state index in [2.05, 4.69) is 22.5 Å². The van der Waals surface area contributed by atoms with E-state index in [1.807, 2.05) is 0 Å². The molecule has 132 valence electrons. The van der Waals surface area contributed by atoms with Gasteiger partial charge in [0.05, 0.1) is 11.0 Å². The highest BCUT2D eigenvalue weighted by molar-refractivity contribution is 5.89. The van der Waals surface area contributed by atoms with E-state index in [0.29, 0.717) is 12.2 Å². The first-order valence-electron chi connectivity index (χ1n) is 8.14. The highest BCUT2D eigenvalue weighted by Crippen LogP contribution is 2.16. The van der Waals surface area contributed by atoms with Crippen LogP contribution in [0.2, 0.25) is 0 Å². The number of benzene rings is 1. The minimum absolute atomic E-state index is 0.0350. The molecule has 0 aromatic heterocycles. The molecule has 1 aliphatic rings. The van der Waals surface area contributed by atoms with Crippen LogP contribution in [0.1, 0.15) is 19.8 Å². The number of rotatable bonds is 6. The number of β-amino-alcohol motifs (C(OH)–C–C–N with tert-alkyl or cyclic N) is 1. The Morgan fingerprint density at radius 1 is 1.38 bits per heavy atom. The van der Waals surface area contributed by atoms with Crippen molar-refractivity contribution in [3.05, 3.63) is 34.4 Å². The van der Waals surface area contributed by atoms with E-state index in [4.69, 9.17) is 0 Å². The second-order valence-corrected chi connectivity index (χ2v) is 6.28. The first-order valence-corrected chi connectivity index (χ1v) is 8.14. The molecule has 0 bridgehead atoms. The van der Waals surface area contributed by atoms with Crippen LogP contribution in [0.15, 0.2) is 24.3 Å². The van der Waals surface area contributed by atoms with Crippen molar-refractivity contribution in [2.75, 3.05) is 31.5 Å². The number of nitro groups is 1. The number of aliphatic hydroxyl groups excluding tert-OH is 1. The zero-order valence-electron chi connectivity index (χ0n) is 13.8. The molecule has 1 atom stereocenters. The lowest BCUT2D eigenvalue weighted by Gasteiger charge is -2.31. The average molecular weight is 336 g/mol. The van der Waals surface area contributed by atoms with Gasteiger partial charge in [-0.3, -0.25) is 10.1 Å². The fraction of sp³-hybridized carbons (Fsp3) is 0.562. The molecule has 0 saturated carbocycles. The van der Waals surface area contributed by atoms with Crippen LogP contribution >= 0.6 is 0 Å². The summed E-state index contributed by atoms with van der Waals surface area (Å²) in [4.78, 5) is 24.1. The van der Waals surface area contributed by atoms with Gasteiger partial charge in [0.1, 0.15) is 0 Å². The second-order valence-electron chi connectivity index (χ2n) is 6.28. The molecular formula is C16H24N4O4. The number of hydrogen-bond donors (Lipinski definition) is 3. The normalized spacial score (nSPS) is 17.2. The number of likely N-dealkylation sites (tertiary alicyclic amines) is 1. The number of carbonyl (C=O) groups is 1. The largest absolute Gasteiger partial charge is 0.390 e. The summed E-state index contributed by atoms with van der Waals surface area (Å²) in [5.74, 6) is 0.740. The molecule has 1 heterocycles. The zero-order chi connectivity index (χ0) is 17.5. The lowest BCUT2D eigenvalue weighted by molar-refractivity contribution is -0.384. The van der Waals surface area contributed by atoms with Crippen molar-refractivity contribution in [2.24, 2.45) is 5.92 Å². The van der Waals surface area contributed by atoms with Gasteiger partial charge in [-0.05, 0) is 44.0 Å². The number of hydrogen-bond acceptors (Lipinski definition) is 5. The molecule has 1 aromatic carbocycles. The maximum atomic E-state index is 11.8. The molecule has 1 unspecified atom stereocenters. The molecule has 24 heavy (non-hydrogen) atoms. The van der Waals surface area contributed by atoms with Gasteiger partial charge in [-0.2, -0.15) is 0 Å². The van der Waals surface area contributed by atoms with E-state index in [-0.39, 0.29) is 12.2 Å². The molecule has 1 fully saturated rings. The molecule has 8 heteroatoms. The first kappa shape index (κ1) is 18.2. The maximum absolute atomic E-state index is 11.8. The van der Waals surface area contributed by atoms with E-state index in [0.717, 1.165) is 31.8 Å². The minimum Gasteiger partial charge on any atom is -0.390 e. The van der Waals surface area contributed by atoms with Gasteiger partial charge < -0.3 is 20.6 Å². The van der Waals surface area contributed by atoms with Crippen LogP contribution in [0.5, 0.6) is 0 Å². The standard InChI is InChI=1S/C16H24N4O4/c1-12-6-8-19(9-7-12)11-15(21)10-17-16(22)18-13-2-4-14(5-3-13)20(23)24/h2-5,12,15,21H,6-11H2,1H3,(H2,17,18,22). The molecule has 1 saturated heterocycles. The van der Waals surface area contributed by atoms with Gasteiger partial charge in [-0.15, -0.1) is 0 Å². The number of non-ortho nitro benzene ring substituents is 1. The maximum Gasteiger partial charge on any atom is 0.319 e. The quantitative estimate of drug-likeness (QED) is 0.542. The van der Waals surface area contributed by atoms with Crippen LogP contribution in [-0.2, 0) is 0 Å². The molecule has 2 rings (SSSR count). The third kappa shape index (κ3) is 5.78. The van der Waals surface area contributed by atoms with Gasteiger partial charge in [0.2, 0.25) is 0 Å². The highest BCUT2D eigenvalue weighted by Gasteiger charge is 2.18. The van der Waals surface area contributed by atoms with Gasteiger partial charge in [0.25, 0.3) is 5.69 Å². The van der Waals surface area contributed by atoms with Crippen molar-refractivity contribution in [2.45, 2.75) is 25.9 Å². The van der Waals surface area contributed by atoms with Crippen LogP contribution in [0.3, 0.4) is 0 Å². The summed E-state index contributed by atoms with van der Waals surface area (Å²) < 4.78 is 0. The smallest absolute Gasteiger partial charge is 0.319 e. The van der Waals surface area contributed by atoms with Crippen LogP contribution in [0.4, 0.5) is 16.2 Å². The number of urea groups is 1. The molecule has 1 aliphatic heterocycles. The molecule has 0 spiro atoms. The van der Waals surface area contributed by atoms with Gasteiger partial charge >= 0.3 is 6.03 Å². The van der Waals surface area contributed by atoms with Crippen LogP contribution < -0.4 is 10.6 Å². The van der Waals surface area contributed by atoms with Gasteiger partial charge in [-0.25, -0.2) is 4.79 Å². The van der Waals surface area contributed by atoms with E-state index in [1.54, 1.807) is 0 Å². The van der Waals surface area contributed by atoms with Crippen LogP contribution in [0, 0.1) is 16.0 Å². The molecule has 3 N–H and O–H groups in total. The lowest BCUT2D eigenvalue weighted by Crippen LogP contribution is -2.43. The summed E-state index contributed by atoms with van der Waals surface area (Å²) in [6.45, 7) is 4.90. The Kier molecular flexibility index (Phi) is 6.51. The van der Waals surface area contributed by atoms with Crippen molar-refractivity contribution in [1.82, 2.24) is 10.2 Å². The fourth-order valence-corrected chi connectivity index (χ4v) is 2.66. The van der Waals surface area contributed by atoms with Crippen molar-refractivity contribution >= 4 is 17.4 Å². The molecular weight excluding hydrogens is 312 g/mol. The number of nitrogens with one attached hydrogen (secondary N) is 2. The Labute approximate surface area is 141 Å². The van der Waals surface area contributed by atoms with Crippen molar-refractivity contribution in [3.8, 4) is 0 Å². The lowest BCUT2D eigenvalue weighted by atomic mass is 9.99. The van der Waals surface area contributed by atoms with Crippen molar-refractivity contribution < 1.29 is 14.8 Å². The number of nitro benzene ring substituents is 1. The number of carbonyl (C=O) groups excluding carboxylic acids is 1. The van der Waals surface area contributed by atoms with Crippen LogP contribution in [-0.4, -0.2) is 53.2 Å². The summed E-state index contributed by atoms with van der Waals surface area (Å²) in [6.07, 6.45) is 1.66. The highest BCUT2D eigenvalue weighted by atomic mass is 16.6. The monoisotopic (exact) mass is 336 g/mol. The summed E-state index contributed by atoms with van der Waals surface area (Å²) in [5, 5.41) is 25.8. The number of piperidine rings is 1. The predicted molar refractivity (Wildman–Crippen MR) is 91.0 cm³/mol. The number of aliphatic hydroxyl groups is 1. The van der Waals surface area contributed by atoms with Gasteiger partial charge in [0, 0.05) is 30.9 Å². The molecule has 0 aliphatic carbocycles. The van der Waals surface area contributed by atoms with E-state index in [9.17, 15) is 20.0 Å². The van der Waals surface area contributed by atoms with Crippen molar-refractivity contribution in [1.29, 1.82) is 0 Å². The number of nitrogens with zero attached hydrogens (tertiary/aromatic N) is 2. The first-order chi connectivity index (χ1) is 11.4. The summed E-state index contributed by atoms with van der Waals surface area (Å²) in [7, 11) is 0. The second kappa shape index (κ2) is 8.60.